The summed E-state index contributed by atoms with van der Waals surface area (Å²) >= 11 is 0. The van der Waals surface area contributed by atoms with E-state index in [9.17, 15) is 5.11 Å². The highest BCUT2D eigenvalue weighted by molar-refractivity contribution is 5.47. The molecule has 4 heteroatoms. The Kier molecular flexibility index (Phi) is 6.82. The van der Waals surface area contributed by atoms with Gasteiger partial charge < -0.3 is 19.3 Å². The van der Waals surface area contributed by atoms with E-state index in [2.05, 4.69) is 43.0 Å². The van der Waals surface area contributed by atoms with Crippen molar-refractivity contribution in [2.45, 2.75) is 43.4 Å². The molecule has 3 aromatic rings. The van der Waals surface area contributed by atoms with Crippen molar-refractivity contribution >= 4 is 0 Å². The van der Waals surface area contributed by atoms with Crippen molar-refractivity contribution < 1.29 is 19.3 Å². The summed E-state index contributed by atoms with van der Waals surface area (Å²) in [5.74, 6) is -0.755. The van der Waals surface area contributed by atoms with E-state index in [4.69, 9.17) is 14.2 Å². The molecule has 1 N–H and O–H groups in total. The summed E-state index contributed by atoms with van der Waals surface area (Å²) in [5.41, 5.74) is 0.708. The molecule has 0 aromatic heterocycles. The van der Waals surface area contributed by atoms with Crippen LogP contribution < -0.4 is 0 Å². The minimum atomic E-state index is -1.31. The van der Waals surface area contributed by atoms with Gasteiger partial charge in [0, 0.05) is 0 Å². The SMILES string of the molecule is C=CC[C@](O)(COC(c1ccccc1)(c1ccccc1)c1ccccc1)[C@@H]1COC(C)(C)O1. The van der Waals surface area contributed by atoms with Crippen molar-refractivity contribution in [3.63, 3.8) is 0 Å². The predicted molar refractivity (Wildman–Crippen MR) is 130 cm³/mol. The summed E-state index contributed by atoms with van der Waals surface area (Å²) in [6.07, 6.45) is 1.48. The molecule has 0 amide bonds. The van der Waals surface area contributed by atoms with E-state index in [-0.39, 0.29) is 13.2 Å². The second kappa shape index (κ2) is 9.62. The Labute approximate surface area is 196 Å². The quantitative estimate of drug-likeness (QED) is 0.352. The van der Waals surface area contributed by atoms with E-state index < -0.39 is 23.1 Å². The Morgan fingerprint density at radius 2 is 1.36 bits per heavy atom. The van der Waals surface area contributed by atoms with Gasteiger partial charge in [0.2, 0.25) is 0 Å². The van der Waals surface area contributed by atoms with Gasteiger partial charge in [-0.15, -0.1) is 6.58 Å². The number of hydrogen-bond donors (Lipinski definition) is 1. The number of rotatable bonds is 9. The molecule has 33 heavy (non-hydrogen) atoms. The average Bonchev–Trinajstić information content (AvgIpc) is 3.22. The van der Waals surface area contributed by atoms with Crippen LogP contribution in [0.5, 0.6) is 0 Å². The minimum absolute atomic E-state index is 0.0296. The van der Waals surface area contributed by atoms with Crippen molar-refractivity contribution in [1.29, 1.82) is 0 Å². The summed E-state index contributed by atoms with van der Waals surface area (Å²) in [5, 5.41) is 11.7. The van der Waals surface area contributed by atoms with Crippen LogP contribution in [-0.2, 0) is 19.8 Å². The van der Waals surface area contributed by atoms with Gasteiger partial charge in [0.25, 0.3) is 0 Å². The lowest BCUT2D eigenvalue weighted by molar-refractivity contribution is -0.189. The Balaban J connectivity index is 1.81. The lowest BCUT2D eigenvalue weighted by Crippen LogP contribution is -2.50. The molecule has 172 valence electrons. The highest BCUT2D eigenvalue weighted by Crippen LogP contribution is 2.42. The van der Waals surface area contributed by atoms with Gasteiger partial charge in [0.05, 0.1) is 13.2 Å². The van der Waals surface area contributed by atoms with Gasteiger partial charge in [-0.25, -0.2) is 0 Å². The molecule has 1 saturated heterocycles. The largest absolute Gasteiger partial charge is 0.384 e. The normalized spacial score (nSPS) is 19.7. The van der Waals surface area contributed by atoms with Gasteiger partial charge in [-0.1, -0.05) is 97.1 Å². The molecule has 0 radical (unpaired) electrons. The molecular weight excluding hydrogens is 412 g/mol. The maximum absolute atomic E-state index is 11.7. The fourth-order valence-corrected chi connectivity index (χ4v) is 4.49. The van der Waals surface area contributed by atoms with Crippen LogP contribution in [-0.4, -0.2) is 35.8 Å². The van der Waals surface area contributed by atoms with Crippen LogP contribution in [0.15, 0.2) is 104 Å². The first-order chi connectivity index (χ1) is 15.9. The van der Waals surface area contributed by atoms with Crippen molar-refractivity contribution in [3.05, 3.63) is 120 Å². The number of aliphatic hydroxyl groups is 1. The lowest BCUT2D eigenvalue weighted by Gasteiger charge is -2.40. The third-order valence-electron chi connectivity index (χ3n) is 6.19. The van der Waals surface area contributed by atoms with Crippen LogP contribution in [0.2, 0.25) is 0 Å². The minimum Gasteiger partial charge on any atom is -0.384 e. The van der Waals surface area contributed by atoms with E-state index in [1.165, 1.54) is 0 Å². The zero-order valence-corrected chi connectivity index (χ0v) is 19.3. The molecule has 1 aliphatic heterocycles. The molecule has 2 atom stereocenters. The monoisotopic (exact) mass is 444 g/mol. The summed E-state index contributed by atoms with van der Waals surface area (Å²) in [4.78, 5) is 0. The van der Waals surface area contributed by atoms with Gasteiger partial charge in [0.1, 0.15) is 17.3 Å². The van der Waals surface area contributed by atoms with Crippen LogP contribution in [0.3, 0.4) is 0 Å². The van der Waals surface area contributed by atoms with Crippen LogP contribution >= 0.6 is 0 Å². The topological polar surface area (TPSA) is 47.9 Å². The van der Waals surface area contributed by atoms with Gasteiger partial charge in [-0.05, 0) is 37.0 Å². The van der Waals surface area contributed by atoms with Gasteiger partial charge in [-0.2, -0.15) is 0 Å². The Hall–Kier alpha value is -2.76. The van der Waals surface area contributed by atoms with Crippen LogP contribution in [0.1, 0.15) is 37.0 Å². The van der Waals surface area contributed by atoms with E-state index in [1.807, 2.05) is 68.4 Å². The summed E-state index contributed by atoms with van der Waals surface area (Å²) in [7, 11) is 0. The lowest BCUT2D eigenvalue weighted by atomic mass is 9.79. The maximum Gasteiger partial charge on any atom is 0.163 e. The molecule has 0 unspecified atom stereocenters. The maximum atomic E-state index is 11.7. The zero-order valence-electron chi connectivity index (χ0n) is 19.3. The van der Waals surface area contributed by atoms with E-state index in [0.717, 1.165) is 16.7 Å². The van der Waals surface area contributed by atoms with Crippen LogP contribution in [0.25, 0.3) is 0 Å². The summed E-state index contributed by atoms with van der Waals surface area (Å²) in [6, 6.07) is 30.4. The van der Waals surface area contributed by atoms with Gasteiger partial charge in [0.15, 0.2) is 5.79 Å². The predicted octanol–water partition coefficient (Wildman–Crippen LogP) is 5.45. The molecule has 4 nitrogen and oxygen atoms in total. The molecule has 1 fully saturated rings. The molecule has 0 aliphatic carbocycles. The second-order valence-electron chi connectivity index (χ2n) is 8.98. The zero-order chi connectivity index (χ0) is 23.4. The van der Waals surface area contributed by atoms with Gasteiger partial charge in [-0.3, -0.25) is 0 Å². The molecule has 0 saturated carbocycles. The standard InChI is InChI=1S/C29H32O4/c1-4-20-28(30,26-21-31-27(2,3)33-26)22-32-29(23-14-8-5-9-15-23,24-16-10-6-11-17-24)25-18-12-7-13-19-25/h4-19,26,30H,1,20-22H2,2-3H3/t26-,28-/m0/s1. The van der Waals surface area contributed by atoms with Gasteiger partial charge >= 0.3 is 0 Å². The fourth-order valence-electron chi connectivity index (χ4n) is 4.49. The Morgan fingerprint density at radius 3 is 1.73 bits per heavy atom. The molecule has 3 aromatic carbocycles. The number of ether oxygens (including phenoxy) is 3. The molecular formula is C29H32O4. The highest BCUT2D eigenvalue weighted by Gasteiger charge is 2.48. The molecule has 4 rings (SSSR count). The van der Waals surface area contributed by atoms with E-state index in [0.29, 0.717) is 6.42 Å². The van der Waals surface area contributed by atoms with Crippen molar-refractivity contribution in [3.8, 4) is 0 Å². The van der Waals surface area contributed by atoms with Crippen LogP contribution in [0.4, 0.5) is 0 Å². The molecule has 1 aliphatic rings. The number of benzene rings is 3. The summed E-state index contributed by atoms with van der Waals surface area (Å²) in [6.45, 7) is 7.88. The first kappa shape index (κ1) is 23.4. The molecule has 0 spiro atoms. The first-order valence-electron chi connectivity index (χ1n) is 11.4. The molecule has 0 bridgehead atoms. The Morgan fingerprint density at radius 1 is 0.909 bits per heavy atom. The third kappa shape index (κ3) is 4.80. The smallest absolute Gasteiger partial charge is 0.163 e. The Bertz CT molecular complexity index is 936. The second-order valence-corrected chi connectivity index (χ2v) is 8.98. The fraction of sp³-hybridized carbons (Fsp3) is 0.310. The first-order valence-corrected chi connectivity index (χ1v) is 11.4. The average molecular weight is 445 g/mol. The summed E-state index contributed by atoms with van der Waals surface area (Å²) < 4.78 is 18.7. The van der Waals surface area contributed by atoms with E-state index >= 15 is 0 Å². The highest BCUT2D eigenvalue weighted by atomic mass is 16.7. The molecule has 1 heterocycles. The van der Waals surface area contributed by atoms with Crippen molar-refractivity contribution in [2.24, 2.45) is 0 Å². The van der Waals surface area contributed by atoms with Crippen molar-refractivity contribution in [2.75, 3.05) is 13.2 Å². The van der Waals surface area contributed by atoms with E-state index in [1.54, 1.807) is 6.08 Å². The third-order valence-corrected chi connectivity index (χ3v) is 6.19. The van der Waals surface area contributed by atoms with Crippen LogP contribution in [0, 0.1) is 0 Å². The van der Waals surface area contributed by atoms with Crippen molar-refractivity contribution in [1.82, 2.24) is 0 Å². The number of hydrogen-bond acceptors (Lipinski definition) is 4.